The molecule has 0 aliphatic carbocycles. The average Bonchev–Trinajstić information content (AvgIpc) is 3.31. The van der Waals surface area contributed by atoms with Crippen LogP contribution in [-0.2, 0) is 6.42 Å². The van der Waals surface area contributed by atoms with E-state index in [2.05, 4.69) is 14.9 Å². The lowest BCUT2D eigenvalue weighted by molar-refractivity contribution is 0.183. The van der Waals surface area contributed by atoms with Crippen LogP contribution < -0.4 is 14.8 Å². The second-order valence-corrected chi connectivity index (χ2v) is 7.18. The lowest BCUT2D eigenvalue weighted by atomic mass is 10.1. The minimum Gasteiger partial charge on any atom is -0.492 e. The van der Waals surface area contributed by atoms with Gasteiger partial charge in [-0.05, 0) is 32.8 Å². The lowest BCUT2D eigenvalue weighted by Gasteiger charge is -2.32. The highest BCUT2D eigenvalue weighted by Gasteiger charge is 2.26. The van der Waals surface area contributed by atoms with E-state index in [-0.39, 0.29) is 12.1 Å². The molecule has 4 rings (SSSR count). The molecule has 1 aromatic carbocycles. The number of nitrogens with one attached hydrogen (secondary N) is 1. The number of hydrogen-bond donors (Lipinski definition) is 1. The number of carbonyl (C=O) groups excluding carboxylic acids is 1. The number of anilines is 1. The van der Waals surface area contributed by atoms with E-state index in [9.17, 15) is 4.79 Å². The van der Waals surface area contributed by atoms with Crippen molar-refractivity contribution in [2.24, 2.45) is 0 Å². The fourth-order valence-corrected chi connectivity index (χ4v) is 3.86. The molecule has 2 aromatic rings. The molecule has 1 fully saturated rings. The predicted octanol–water partition coefficient (Wildman–Crippen LogP) is 3.47. The summed E-state index contributed by atoms with van der Waals surface area (Å²) in [5.74, 6) is 1.54. The first-order valence-electron chi connectivity index (χ1n) is 9.63. The second kappa shape index (κ2) is 7.50. The quantitative estimate of drug-likeness (QED) is 0.895. The van der Waals surface area contributed by atoms with E-state index in [4.69, 9.17) is 9.47 Å². The Bertz CT molecular complexity index is 798. The summed E-state index contributed by atoms with van der Waals surface area (Å²) in [6.45, 7) is 5.98. The molecule has 2 aliphatic rings. The van der Waals surface area contributed by atoms with Crippen LogP contribution in [0.15, 0.2) is 30.9 Å². The number of urea groups is 1. The molecular weight excluding hydrogens is 344 g/mol. The largest absolute Gasteiger partial charge is 0.492 e. The Balaban J connectivity index is 1.43. The number of hydrogen-bond acceptors (Lipinski definition) is 4. The molecule has 27 heavy (non-hydrogen) atoms. The molecular formula is C20H26N4O3. The maximum atomic E-state index is 12.8. The number of benzene rings is 1. The number of piperidine rings is 1. The molecule has 0 spiro atoms. The number of fused-ring (bicyclic) bond motifs is 1. The van der Waals surface area contributed by atoms with Crippen molar-refractivity contribution >= 4 is 11.7 Å². The molecule has 0 radical (unpaired) electrons. The first kappa shape index (κ1) is 17.7. The zero-order valence-corrected chi connectivity index (χ0v) is 15.9. The van der Waals surface area contributed by atoms with Crippen molar-refractivity contribution in [3.8, 4) is 11.5 Å². The smallest absolute Gasteiger partial charge is 0.321 e. The van der Waals surface area contributed by atoms with Gasteiger partial charge < -0.3 is 24.3 Å². The van der Waals surface area contributed by atoms with Gasteiger partial charge in [-0.1, -0.05) is 0 Å². The van der Waals surface area contributed by atoms with Gasteiger partial charge in [0.1, 0.15) is 17.6 Å². The van der Waals surface area contributed by atoms with Crippen molar-refractivity contribution in [3.63, 3.8) is 0 Å². The normalized spacial score (nSPS) is 19.5. The molecule has 3 heterocycles. The summed E-state index contributed by atoms with van der Waals surface area (Å²) in [6.07, 6.45) is 8.50. The third kappa shape index (κ3) is 3.72. The van der Waals surface area contributed by atoms with E-state index >= 15 is 0 Å². The topological polar surface area (TPSA) is 68.6 Å². The standard InChI is InChI=1S/C20H26N4O3/c1-3-26-19-11-15-10-14(2)27-18(15)12-17(19)22-20(25)23-7-4-16(5-8-23)24-9-6-21-13-24/h6,9,11-14,16H,3-5,7-8,10H2,1-2H3,(H,22,25)/t14-/m0/s1. The fourth-order valence-electron chi connectivity index (χ4n) is 3.86. The molecule has 1 N–H and O–H groups in total. The molecule has 2 amide bonds. The zero-order valence-electron chi connectivity index (χ0n) is 15.9. The lowest BCUT2D eigenvalue weighted by Crippen LogP contribution is -2.41. The maximum absolute atomic E-state index is 12.8. The minimum atomic E-state index is -0.0916. The Kier molecular flexibility index (Phi) is 4.92. The van der Waals surface area contributed by atoms with Crippen molar-refractivity contribution in [2.75, 3.05) is 25.0 Å². The summed E-state index contributed by atoms with van der Waals surface area (Å²) in [5, 5.41) is 3.02. The number of likely N-dealkylation sites (tertiary alicyclic amines) is 1. The highest BCUT2D eigenvalue weighted by molar-refractivity contribution is 5.91. The van der Waals surface area contributed by atoms with E-state index < -0.39 is 0 Å². The molecule has 2 aliphatic heterocycles. The Morgan fingerprint density at radius 1 is 1.37 bits per heavy atom. The number of aromatic nitrogens is 2. The van der Waals surface area contributed by atoms with Crippen LogP contribution in [0.4, 0.5) is 10.5 Å². The van der Waals surface area contributed by atoms with Gasteiger partial charge in [0.15, 0.2) is 0 Å². The summed E-state index contributed by atoms with van der Waals surface area (Å²) < 4.78 is 13.7. The maximum Gasteiger partial charge on any atom is 0.321 e. The van der Waals surface area contributed by atoms with Crippen molar-refractivity contribution in [3.05, 3.63) is 36.4 Å². The number of ether oxygens (including phenoxy) is 2. The Hall–Kier alpha value is -2.70. The van der Waals surface area contributed by atoms with Gasteiger partial charge in [0, 0.05) is 49.6 Å². The summed E-state index contributed by atoms with van der Waals surface area (Å²) in [6, 6.07) is 4.19. The van der Waals surface area contributed by atoms with Crippen LogP contribution in [0.2, 0.25) is 0 Å². The van der Waals surface area contributed by atoms with Crippen molar-refractivity contribution in [1.82, 2.24) is 14.5 Å². The number of amides is 2. The van der Waals surface area contributed by atoms with Gasteiger partial charge >= 0.3 is 6.03 Å². The summed E-state index contributed by atoms with van der Waals surface area (Å²) in [7, 11) is 0. The third-order valence-electron chi connectivity index (χ3n) is 5.24. The first-order chi connectivity index (χ1) is 13.1. The van der Waals surface area contributed by atoms with Gasteiger partial charge in [-0.25, -0.2) is 9.78 Å². The van der Waals surface area contributed by atoms with E-state index in [0.717, 1.165) is 43.7 Å². The zero-order chi connectivity index (χ0) is 18.8. The molecule has 7 nitrogen and oxygen atoms in total. The van der Waals surface area contributed by atoms with Gasteiger partial charge in [-0.3, -0.25) is 0 Å². The van der Waals surface area contributed by atoms with Crippen LogP contribution in [0.3, 0.4) is 0 Å². The molecule has 0 saturated carbocycles. The summed E-state index contributed by atoms with van der Waals surface area (Å²) >= 11 is 0. The molecule has 0 bridgehead atoms. The van der Waals surface area contributed by atoms with Gasteiger partial charge in [0.25, 0.3) is 0 Å². The number of nitrogens with zero attached hydrogens (tertiary/aromatic N) is 3. The van der Waals surface area contributed by atoms with Crippen molar-refractivity contribution in [1.29, 1.82) is 0 Å². The van der Waals surface area contributed by atoms with Crippen LogP contribution in [0, 0.1) is 0 Å². The van der Waals surface area contributed by atoms with Crippen LogP contribution >= 0.6 is 0 Å². The number of carbonyl (C=O) groups is 1. The van der Waals surface area contributed by atoms with E-state index in [1.807, 2.05) is 43.4 Å². The number of imidazole rings is 1. The molecule has 1 atom stereocenters. The minimum absolute atomic E-state index is 0.0916. The van der Waals surface area contributed by atoms with Crippen LogP contribution in [0.25, 0.3) is 0 Å². The monoisotopic (exact) mass is 370 g/mol. The van der Waals surface area contributed by atoms with E-state index in [1.54, 1.807) is 6.20 Å². The van der Waals surface area contributed by atoms with Gasteiger partial charge in [0.2, 0.25) is 0 Å². The third-order valence-corrected chi connectivity index (χ3v) is 5.24. The predicted molar refractivity (Wildman–Crippen MR) is 102 cm³/mol. The Labute approximate surface area is 159 Å². The number of rotatable bonds is 4. The van der Waals surface area contributed by atoms with E-state index in [1.165, 1.54) is 0 Å². The van der Waals surface area contributed by atoms with Crippen LogP contribution in [0.1, 0.15) is 38.3 Å². The van der Waals surface area contributed by atoms with Crippen LogP contribution in [0.5, 0.6) is 11.5 Å². The Morgan fingerprint density at radius 3 is 2.89 bits per heavy atom. The van der Waals surface area contributed by atoms with Gasteiger partial charge in [0.05, 0.1) is 18.6 Å². The van der Waals surface area contributed by atoms with Gasteiger partial charge in [-0.2, -0.15) is 0 Å². The molecule has 0 unspecified atom stereocenters. The average molecular weight is 370 g/mol. The molecule has 144 valence electrons. The fraction of sp³-hybridized carbons (Fsp3) is 0.500. The Morgan fingerprint density at radius 2 is 2.19 bits per heavy atom. The highest BCUT2D eigenvalue weighted by atomic mass is 16.5. The second-order valence-electron chi connectivity index (χ2n) is 7.18. The van der Waals surface area contributed by atoms with E-state index in [0.29, 0.717) is 24.1 Å². The van der Waals surface area contributed by atoms with Crippen molar-refractivity contribution < 1.29 is 14.3 Å². The first-order valence-corrected chi connectivity index (χ1v) is 9.63. The highest BCUT2D eigenvalue weighted by Crippen LogP contribution is 2.38. The van der Waals surface area contributed by atoms with Gasteiger partial charge in [-0.15, -0.1) is 0 Å². The van der Waals surface area contributed by atoms with Crippen molar-refractivity contribution in [2.45, 2.75) is 45.3 Å². The molecule has 1 saturated heterocycles. The SMILES string of the molecule is CCOc1cc2c(cc1NC(=O)N1CCC(n3ccnc3)CC1)O[C@@H](C)C2. The molecule has 7 heteroatoms. The summed E-state index contributed by atoms with van der Waals surface area (Å²) in [4.78, 5) is 18.8. The summed E-state index contributed by atoms with van der Waals surface area (Å²) in [5.41, 5.74) is 1.80. The molecule has 1 aromatic heterocycles. The van der Waals surface area contributed by atoms with Crippen LogP contribution in [-0.4, -0.2) is 46.3 Å².